The summed E-state index contributed by atoms with van der Waals surface area (Å²) in [5.41, 5.74) is 0. The van der Waals surface area contributed by atoms with Crippen LogP contribution < -0.4 is 0 Å². The molecule has 0 bridgehead atoms. The van der Waals surface area contributed by atoms with E-state index in [1.807, 2.05) is 0 Å². The van der Waals surface area contributed by atoms with E-state index in [0.29, 0.717) is 0 Å². The van der Waals surface area contributed by atoms with E-state index in [0.717, 1.165) is 0 Å². The average Bonchev–Trinajstić information content (AvgIpc) is 1.57. The Bertz CT molecular complexity index is 80.8. The summed E-state index contributed by atoms with van der Waals surface area (Å²) in [6.07, 6.45) is 0. The van der Waals surface area contributed by atoms with Crippen molar-refractivity contribution in [2.75, 3.05) is 0 Å². The standard InChI is InChI=1S/C8H22Ge2/c1-9(2,3)7-8-10(4,5)6/h7-8H2,1-6H3. The van der Waals surface area contributed by atoms with Crippen LogP contribution in [0.5, 0.6) is 0 Å². The van der Waals surface area contributed by atoms with Crippen LogP contribution in [0, 0.1) is 0 Å². The van der Waals surface area contributed by atoms with Gasteiger partial charge in [-0.2, -0.15) is 0 Å². The molecule has 0 radical (unpaired) electrons. The number of rotatable bonds is 3. The summed E-state index contributed by atoms with van der Waals surface area (Å²) in [4.78, 5) is 0. The number of hydrogen-bond acceptors (Lipinski definition) is 0. The third-order valence-electron chi connectivity index (χ3n) is 1.62. The van der Waals surface area contributed by atoms with Crippen molar-refractivity contribution in [3.8, 4) is 0 Å². The SMILES string of the molecule is [CH3][Ge]([CH3])([CH3])[CH2][CH2][Ge]([CH3])([CH3])[CH3]. The first-order chi connectivity index (χ1) is 4.21. The fourth-order valence-corrected chi connectivity index (χ4v) is 20.2. The van der Waals surface area contributed by atoms with Gasteiger partial charge in [-0.05, 0) is 0 Å². The van der Waals surface area contributed by atoms with Crippen LogP contribution in [0.2, 0.25) is 45.0 Å². The van der Waals surface area contributed by atoms with Gasteiger partial charge >= 0.3 is 71.6 Å². The summed E-state index contributed by atoms with van der Waals surface area (Å²) in [6, 6.07) is 0. The molecule has 0 saturated heterocycles. The molecule has 62 valence electrons. The predicted molar refractivity (Wildman–Crippen MR) is 56.3 cm³/mol. The molecule has 0 saturated carbocycles. The minimum absolute atomic E-state index is 1.17. The Hall–Kier alpha value is 1.09. The number of hydrogen-bond donors (Lipinski definition) is 0. The van der Waals surface area contributed by atoms with Gasteiger partial charge in [0.25, 0.3) is 0 Å². The minimum atomic E-state index is -1.17. The maximum absolute atomic E-state index is 2.52. The van der Waals surface area contributed by atoms with Gasteiger partial charge in [-0.25, -0.2) is 0 Å². The fourth-order valence-electron chi connectivity index (χ4n) is 0.750. The Morgan fingerprint density at radius 3 is 0.900 bits per heavy atom. The molecule has 10 heavy (non-hydrogen) atoms. The zero-order valence-electron chi connectivity index (χ0n) is 8.41. The van der Waals surface area contributed by atoms with Crippen molar-refractivity contribution in [3.63, 3.8) is 0 Å². The van der Waals surface area contributed by atoms with Crippen molar-refractivity contribution in [2.45, 2.75) is 45.0 Å². The molecule has 0 aliphatic heterocycles. The van der Waals surface area contributed by atoms with E-state index in [9.17, 15) is 0 Å². The molecule has 0 nitrogen and oxygen atoms in total. The Balaban J connectivity index is 3.56. The molecule has 0 spiro atoms. The Labute approximate surface area is 71.5 Å². The maximum atomic E-state index is 2.52. The van der Waals surface area contributed by atoms with Crippen LogP contribution in [0.15, 0.2) is 0 Å². The second-order valence-corrected chi connectivity index (χ2v) is 29.2. The molecule has 0 aromatic rings. The van der Waals surface area contributed by atoms with Crippen molar-refractivity contribution in [3.05, 3.63) is 0 Å². The topological polar surface area (TPSA) is 0 Å². The molecule has 2 heteroatoms. The van der Waals surface area contributed by atoms with Gasteiger partial charge in [0.2, 0.25) is 0 Å². The molecule has 0 atom stereocenters. The molecule has 0 fully saturated rings. The first-order valence-corrected chi connectivity index (χ1v) is 19.8. The van der Waals surface area contributed by atoms with Crippen molar-refractivity contribution in [2.24, 2.45) is 0 Å². The second-order valence-electron chi connectivity index (χ2n) is 5.62. The third kappa shape index (κ3) is 9.09. The average molecular weight is 263 g/mol. The van der Waals surface area contributed by atoms with Gasteiger partial charge in [-0.3, -0.25) is 0 Å². The van der Waals surface area contributed by atoms with E-state index in [4.69, 9.17) is 0 Å². The molecule has 0 aromatic heterocycles. The Morgan fingerprint density at radius 1 is 0.600 bits per heavy atom. The van der Waals surface area contributed by atoms with Gasteiger partial charge in [-0.15, -0.1) is 0 Å². The molecule has 0 unspecified atom stereocenters. The van der Waals surface area contributed by atoms with Crippen LogP contribution in [0.1, 0.15) is 0 Å². The molecule has 0 aromatic carbocycles. The van der Waals surface area contributed by atoms with Crippen molar-refractivity contribution in [1.29, 1.82) is 0 Å². The molecule has 0 aliphatic carbocycles. The van der Waals surface area contributed by atoms with Crippen molar-refractivity contribution >= 4 is 26.5 Å². The quantitative estimate of drug-likeness (QED) is 0.682. The van der Waals surface area contributed by atoms with E-state index >= 15 is 0 Å². The van der Waals surface area contributed by atoms with Crippen LogP contribution >= 0.6 is 0 Å². The van der Waals surface area contributed by atoms with Crippen LogP contribution in [-0.4, -0.2) is 26.5 Å². The van der Waals surface area contributed by atoms with E-state index in [2.05, 4.69) is 34.5 Å². The summed E-state index contributed by atoms with van der Waals surface area (Å²) in [6.45, 7) is 0. The van der Waals surface area contributed by atoms with Gasteiger partial charge in [0, 0.05) is 0 Å². The zero-order chi connectivity index (χ0) is 8.41. The summed E-state index contributed by atoms with van der Waals surface area (Å²) >= 11 is -2.33. The van der Waals surface area contributed by atoms with Gasteiger partial charge in [0.15, 0.2) is 0 Å². The van der Waals surface area contributed by atoms with E-state index in [1.54, 1.807) is 10.5 Å². The summed E-state index contributed by atoms with van der Waals surface area (Å²) in [5.74, 6) is 15.1. The van der Waals surface area contributed by atoms with Crippen LogP contribution in [0.3, 0.4) is 0 Å². The molecule has 0 aliphatic rings. The van der Waals surface area contributed by atoms with E-state index in [-0.39, 0.29) is 0 Å². The first kappa shape index (κ1) is 11.1. The normalized spacial score (nSPS) is 13.8. The van der Waals surface area contributed by atoms with Crippen molar-refractivity contribution < 1.29 is 0 Å². The summed E-state index contributed by atoms with van der Waals surface area (Å²) < 4.78 is 0. The molecular weight excluding hydrogens is 241 g/mol. The molecule has 0 rings (SSSR count). The predicted octanol–water partition coefficient (Wildman–Crippen LogP) is 3.66. The monoisotopic (exact) mass is 266 g/mol. The fraction of sp³-hybridized carbons (Fsp3) is 1.00. The van der Waals surface area contributed by atoms with Crippen LogP contribution in [0.25, 0.3) is 0 Å². The Kier molecular flexibility index (Phi) is 4.06. The van der Waals surface area contributed by atoms with Crippen LogP contribution in [0.4, 0.5) is 0 Å². The van der Waals surface area contributed by atoms with Gasteiger partial charge in [0.05, 0.1) is 0 Å². The summed E-state index contributed by atoms with van der Waals surface area (Å²) in [7, 11) is 0. The van der Waals surface area contributed by atoms with Gasteiger partial charge < -0.3 is 0 Å². The molecule has 0 heterocycles. The van der Waals surface area contributed by atoms with E-state index < -0.39 is 26.5 Å². The van der Waals surface area contributed by atoms with E-state index in [1.165, 1.54) is 0 Å². The van der Waals surface area contributed by atoms with Gasteiger partial charge in [0.1, 0.15) is 0 Å². The van der Waals surface area contributed by atoms with Gasteiger partial charge in [-0.1, -0.05) is 0 Å². The second kappa shape index (κ2) is 3.66. The third-order valence-corrected chi connectivity index (χ3v) is 11.2. The summed E-state index contributed by atoms with van der Waals surface area (Å²) in [5, 5.41) is 3.20. The molecule has 0 amide bonds. The zero-order valence-corrected chi connectivity index (χ0v) is 12.6. The Morgan fingerprint density at radius 2 is 0.800 bits per heavy atom. The van der Waals surface area contributed by atoms with Crippen LogP contribution in [-0.2, 0) is 0 Å². The first-order valence-electron chi connectivity index (χ1n) is 4.21. The molecule has 0 N–H and O–H groups in total. The molecular formula is C8H22Ge2. The van der Waals surface area contributed by atoms with Crippen molar-refractivity contribution in [1.82, 2.24) is 0 Å².